The topological polar surface area (TPSA) is 59.0 Å². The maximum Gasteiger partial charge on any atom is 0.410 e. The number of carbonyl (C=O) groups excluding carboxylic acids is 1. The highest BCUT2D eigenvalue weighted by Gasteiger charge is 2.46. The first-order chi connectivity index (χ1) is 11.9. The molecule has 0 saturated carbocycles. The molecule has 25 heavy (non-hydrogen) atoms. The van der Waals surface area contributed by atoms with Gasteiger partial charge in [-0.1, -0.05) is 37.3 Å². The van der Waals surface area contributed by atoms with Crippen LogP contribution in [0.5, 0.6) is 0 Å². The summed E-state index contributed by atoms with van der Waals surface area (Å²) < 4.78 is 41.5. The Bertz CT molecular complexity index is 742. The van der Waals surface area contributed by atoms with Gasteiger partial charge >= 0.3 is 6.18 Å². The highest BCUT2D eigenvalue weighted by atomic mass is 19.4. The fourth-order valence-corrected chi connectivity index (χ4v) is 2.92. The number of carbonyl (C=O) groups is 1. The van der Waals surface area contributed by atoms with Crippen LogP contribution in [0.1, 0.15) is 47.9 Å². The number of alkyl halides is 3. The summed E-state index contributed by atoms with van der Waals surface area (Å²) in [5.74, 6) is -0.271. The summed E-state index contributed by atoms with van der Waals surface area (Å²) in [6, 6.07) is 8.06. The molecule has 2 atom stereocenters. The highest BCUT2D eigenvalue weighted by Crippen LogP contribution is 2.43. The Kier molecular flexibility index (Phi) is 4.69. The van der Waals surface area contributed by atoms with E-state index in [0.717, 1.165) is 16.7 Å². The molecule has 2 unspecified atom stereocenters. The van der Waals surface area contributed by atoms with E-state index in [9.17, 15) is 18.0 Å². The van der Waals surface area contributed by atoms with Crippen LogP contribution in [-0.4, -0.2) is 28.4 Å². The monoisotopic (exact) mass is 352 g/mol. The number of halogens is 3. The number of hydrogen-bond donors (Lipinski definition) is 2. The van der Waals surface area contributed by atoms with Gasteiger partial charge in [0.15, 0.2) is 11.7 Å². The van der Waals surface area contributed by atoms with Gasteiger partial charge in [-0.2, -0.15) is 18.3 Å². The average Bonchev–Trinajstić information content (AvgIpc) is 3.02. The molecular formula is C17H19F3N4O. The van der Waals surface area contributed by atoms with E-state index in [1.807, 2.05) is 13.0 Å². The molecule has 2 heterocycles. The van der Waals surface area contributed by atoms with Crippen LogP contribution >= 0.6 is 0 Å². The van der Waals surface area contributed by atoms with Gasteiger partial charge in [-0.25, -0.2) is 4.68 Å². The molecule has 2 aromatic rings. The second-order valence-corrected chi connectivity index (χ2v) is 6.02. The lowest BCUT2D eigenvalue weighted by molar-refractivity contribution is -0.173. The lowest BCUT2D eigenvalue weighted by Crippen LogP contribution is -2.35. The molecule has 0 saturated heterocycles. The van der Waals surface area contributed by atoms with E-state index >= 15 is 0 Å². The smallest absolute Gasteiger partial charge is 0.363 e. The normalized spacial score (nSPS) is 19.8. The van der Waals surface area contributed by atoms with Gasteiger partial charge in [-0.05, 0) is 12.0 Å². The van der Waals surface area contributed by atoms with Crippen LogP contribution in [0.3, 0.4) is 0 Å². The maximum absolute atomic E-state index is 13.5. The molecule has 1 aliphatic rings. The van der Waals surface area contributed by atoms with Crippen LogP contribution in [-0.2, 0) is 0 Å². The zero-order valence-corrected chi connectivity index (χ0v) is 13.7. The Morgan fingerprint density at radius 3 is 2.72 bits per heavy atom. The molecule has 134 valence electrons. The molecule has 0 aliphatic carbocycles. The number of fused-ring (bicyclic) bond motifs is 1. The Hall–Kier alpha value is -2.51. The third-order valence-corrected chi connectivity index (χ3v) is 4.16. The zero-order chi connectivity index (χ0) is 18.0. The summed E-state index contributed by atoms with van der Waals surface area (Å²) in [5.41, 5.74) is 0.750. The molecule has 1 aromatic heterocycles. The SMILES string of the molecule is CCCNC(=O)c1cc2n(n1)C(C(F)(F)F)CC(c1ccccc1)N2. The molecule has 0 fully saturated rings. The fourth-order valence-electron chi connectivity index (χ4n) is 2.92. The number of anilines is 1. The quantitative estimate of drug-likeness (QED) is 0.882. The summed E-state index contributed by atoms with van der Waals surface area (Å²) in [6.45, 7) is 2.34. The standard InChI is InChI=1S/C17H19F3N4O/c1-2-8-21-16(25)13-10-15-22-12(11-6-4-3-5-7-11)9-14(17(18,19)20)24(15)23-13/h3-7,10,12,14,22H,2,8-9H2,1H3,(H,21,25). The van der Waals surface area contributed by atoms with Gasteiger partial charge < -0.3 is 10.6 Å². The second-order valence-electron chi connectivity index (χ2n) is 6.02. The second kappa shape index (κ2) is 6.78. The van der Waals surface area contributed by atoms with Crippen molar-refractivity contribution in [1.82, 2.24) is 15.1 Å². The van der Waals surface area contributed by atoms with E-state index in [2.05, 4.69) is 15.7 Å². The molecule has 2 N–H and O–H groups in total. The first-order valence-corrected chi connectivity index (χ1v) is 8.16. The van der Waals surface area contributed by atoms with Gasteiger partial charge in [-0.3, -0.25) is 4.79 Å². The predicted molar refractivity (Wildman–Crippen MR) is 87.4 cm³/mol. The van der Waals surface area contributed by atoms with Crippen molar-refractivity contribution in [1.29, 1.82) is 0 Å². The minimum Gasteiger partial charge on any atom is -0.363 e. The zero-order valence-electron chi connectivity index (χ0n) is 13.7. The van der Waals surface area contributed by atoms with Crippen LogP contribution in [0.4, 0.5) is 19.0 Å². The van der Waals surface area contributed by atoms with Crippen LogP contribution in [0.2, 0.25) is 0 Å². The molecule has 1 aliphatic heterocycles. The number of nitrogens with one attached hydrogen (secondary N) is 2. The van der Waals surface area contributed by atoms with Gasteiger partial charge in [0.25, 0.3) is 5.91 Å². The Morgan fingerprint density at radius 2 is 2.08 bits per heavy atom. The summed E-state index contributed by atoms with van der Waals surface area (Å²) >= 11 is 0. The average molecular weight is 352 g/mol. The van der Waals surface area contributed by atoms with Crippen LogP contribution < -0.4 is 10.6 Å². The maximum atomic E-state index is 13.5. The van der Waals surface area contributed by atoms with Crippen LogP contribution in [0, 0.1) is 0 Å². The van der Waals surface area contributed by atoms with E-state index in [0.29, 0.717) is 6.54 Å². The van der Waals surface area contributed by atoms with Gasteiger partial charge in [0.1, 0.15) is 5.82 Å². The van der Waals surface area contributed by atoms with Crippen molar-refractivity contribution in [2.75, 3.05) is 11.9 Å². The van der Waals surface area contributed by atoms with E-state index in [1.54, 1.807) is 24.3 Å². The number of benzene rings is 1. The summed E-state index contributed by atoms with van der Waals surface area (Å²) in [4.78, 5) is 12.0. The molecule has 3 rings (SSSR count). The van der Waals surface area contributed by atoms with E-state index in [1.165, 1.54) is 6.07 Å². The van der Waals surface area contributed by atoms with Crippen molar-refractivity contribution >= 4 is 11.7 Å². The Morgan fingerprint density at radius 1 is 1.36 bits per heavy atom. The van der Waals surface area contributed by atoms with Crippen molar-refractivity contribution in [3.63, 3.8) is 0 Å². The first-order valence-electron chi connectivity index (χ1n) is 8.16. The third-order valence-electron chi connectivity index (χ3n) is 4.16. The largest absolute Gasteiger partial charge is 0.410 e. The molecule has 0 spiro atoms. The van der Waals surface area contributed by atoms with E-state index < -0.39 is 24.2 Å². The van der Waals surface area contributed by atoms with Crippen LogP contribution in [0.25, 0.3) is 0 Å². The molecule has 0 radical (unpaired) electrons. The van der Waals surface area contributed by atoms with Crippen molar-refractivity contribution < 1.29 is 18.0 Å². The van der Waals surface area contributed by atoms with Gasteiger partial charge in [0, 0.05) is 19.0 Å². The number of hydrogen-bond acceptors (Lipinski definition) is 3. The molecule has 5 nitrogen and oxygen atoms in total. The lowest BCUT2D eigenvalue weighted by Gasteiger charge is -2.33. The molecular weight excluding hydrogens is 333 g/mol. The third kappa shape index (κ3) is 3.62. The van der Waals surface area contributed by atoms with E-state index in [-0.39, 0.29) is 17.9 Å². The summed E-state index contributed by atoms with van der Waals surface area (Å²) in [5, 5.41) is 9.60. The van der Waals surface area contributed by atoms with Gasteiger partial charge in [0.2, 0.25) is 0 Å². The molecule has 8 heteroatoms. The molecule has 0 bridgehead atoms. The number of nitrogens with zero attached hydrogens (tertiary/aromatic N) is 2. The predicted octanol–water partition coefficient (Wildman–Crippen LogP) is 3.68. The summed E-state index contributed by atoms with van der Waals surface area (Å²) in [7, 11) is 0. The first kappa shape index (κ1) is 17.3. The molecule has 1 aromatic carbocycles. The number of rotatable bonds is 4. The highest BCUT2D eigenvalue weighted by molar-refractivity contribution is 5.93. The Labute approximate surface area is 143 Å². The van der Waals surface area contributed by atoms with Crippen LogP contribution in [0.15, 0.2) is 36.4 Å². The molecule has 1 amide bonds. The van der Waals surface area contributed by atoms with Gasteiger partial charge in [-0.15, -0.1) is 0 Å². The number of amides is 1. The number of aromatic nitrogens is 2. The minimum atomic E-state index is -4.45. The lowest BCUT2D eigenvalue weighted by atomic mass is 9.97. The Balaban J connectivity index is 1.93. The minimum absolute atomic E-state index is 0.0149. The van der Waals surface area contributed by atoms with Crippen molar-refractivity contribution in [3.8, 4) is 0 Å². The van der Waals surface area contributed by atoms with Crippen molar-refractivity contribution in [3.05, 3.63) is 47.7 Å². The van der Waals surface area contributed by atoms with Crippen molar-refractivity contribution in [2.45, 2.75) is 38.0 Å². The van der Waals surface area contributed by atoms with Gasteiger partial charge in [0.05, 0.1) is 6.04 Å². The fraction of sp³-hybridized carbons (Fsp3) is 0.412. The summed E-state index contributed by atoms with van der Waals surface area (Å²) in [6.07, 6.45) is -3.90. The van der Waals surface area contributed by atoms with E-state index in [4.69, 9.17) is 0 Å². The van der Waals surface area contributed by atoms with Crippen molar-refractivity contribution in [2.24, 2.45) is 0 Å².